The highest BCUT2D eigenvalue weighted by Gasteiger charge is 2.17. The Morgan fingerprint density at radius 1 is 1.32 bits per heavy atom. The van der Waals surface area contributed by atoms with Crippen LogP contribution in [0.3, 0.4) is 0 Å². The van der Waals surface area contributed by atoms with Crippen LogP contribution in [0, 0.1) is 24.1 Å². The van der Waals surface area contributed by atoms with Gasteiger partial charge in [-0.25, -0.2) is 9.37 Å². The van der Waals surface area contributed by atoms with Crippen LogP contribution in [0.15, 0.2) is 18.2 Å². The fourth-order valence-corrected chi connectivity index (χ4v) is 3.16. The summed E-state index contributed by atoms with van der Waals surface area (Å²) in [6, 6.07) is 6.94. The Hall–Kier alpha value is -2.72. The van der Waals surface area contributed by atoms with Crippen LogP contribution in [0.5, 0.6) is 0 Å². The fourth-order valence-electron chi connectivity index (χ4n) is 3.16. The van der Waals surface area contributed by atoms with Gasteiger partial charge < -0.3 is 16.2 Å². The van der Waals surface area contributed by atoms with E-state index < -0.39 is 0 Å². The minimum absolute atomic E-state index is 0.0558. The Morgan fingerprint density at radius 2 is 2.11 bits per heavy atom. The zero-order valence-corrected chi connectivity index (χ0v) is 16.5. The summed E-state index contributed by atoms with van der Waals surface area (Å²) in [5.41, 5.74) is 8.46. The van der Waals surface area contributed by atoms with Crippen LogP contribution in [0.4, 0.5) is 16.2 Å². The van der Waals surface area contributed by atoms with Gasteiger partial charge in [-0.05, 0) is 37.0 Å². The Balaban J connectivity index is 2.32. The van der Waals surface area contributed by atoms with Crippen molar-refractivity contribution in [3.05, 3.63) is 46.4 Å². The number of hydrogen-bond donors (Lipinski definition) is 3. The fraction of sp³-hybridized carbons (Fsp3) is 0.476. The van der Waals surface area contributed by atoms with Crippen molar-refractivity contribution < 1.29 is 9.50 Å². The van der Waals surface area contributed by atoms with Crippen molar-refractivity contribution in [3.8, 4) is 6.07 Å². The second-order valence-corrected chi connectivity index (χ2v) is 6.93. The SMILES string of the molecule is CCCCC(CCO)Nc1nc(N)nc(C)c1Cc1ccc(CC#N)cc1F. The third-order valence-electron chi connectivity index (χ3n) is 4.72. The first kappa shape index (κ1) is 21.6. The average molecular weight is 385 g/mol. The lowest BCUT2D eigenvalue weighted by Crippen LogP contribution is -2.23. The molecule has 0 amide bonds. The molecule has 1 atom stereocenters. The van der Waals surface area contributed by atoms with E-state index in [-0.39, 0.29) is 30.8 Å². The van der Waals surface area contributed by atoms with Crippen LogP contribution in [0.25, 0.3) is 0 Å². The molecule has 0 fully saturated rings. The molecular formula is C21H28FN5O. The Kier molecular flexibility index (Phi) is 8.15. The molecule has 2 aromatic rings. The van der Waals surface area contributed by atoms with Crippen LogP contribution in [-0.2, 0) is 12.8 Å². The summed E-state index contributed by atoms with van der Waals surface area (Å²) in [5, 5.41) is 21.5. The van der Waals surface area contributed by atoms with Gasteiger partial charge in [-0.2, -0.15) is 10.2 Å². The molecular weight excluding hydrogens is 357 g/mol. The van der Waals surface area contributed by atoms with Crippen LogP contribution in [0.1, 0.15) is 55.0 Å². The highest BCUT2D eigenvalue weighted by Crippen LogP contribution is 2.25. The second kappa shape index (κ2) is 10.6. The van der Waals surface area contributed by atoms with Crippen molar-refractivity contribution in [3.63, 3.8) is 0 Å². The molecule has 0 bridgehead atoms. The number of aliphatic hydroxyl groups excluding tert-OH is 1. The zero-order valence-electron chi connectivity index (χ0n) is 16.5. The summed E-state index contributed by atoms with van der Waals surface area (Å²) < 4.78 is 14.5. The molecule has 2 rings (SSSR count). The molecule has 1 aromatic heterocycles. The molecule has 6 nitrogen and oxygen atoms in total. The molecule has 0 saturated carbocycles. The van der Waals surface area contributed by atoms with E-state index in [4.69, 9.17) is 11.0 Å². The highest BCUT2D eigenvalue weighted by molar-refractivity contribution is 5.52. The van der Waals surface area contributed by atoms with Gasteiger partial charge in [-0.3, -0.25) is 0 Å². The number of hydrogen-bond acceptors (Lipinski definition) is 6. The number of anilines is 2. The van der Waals surface area contributed by atoms with E-state index in [1.54, 1.807) is 12.1 Å². The minimum Gasteiger partial charge on any atom is -0.396 e. The van der Waals surface area contributed by atoms with Crippen LogP contribution >= 0.6 is 0 Å². The molecule has 0 aliphatic rings. The largest absolute Gasteiger partial charge is 0.396 e. The summed E-state index contributed by atoms with van der Waals surface area (Å²) in [5.74, 6) is 0.389. The van der Waals surface area contributed by atoms with Crippen molar-refractivity contribution in [2.75, 3.05) is 17.7 Å². The number of rotatable bonds is 10. The lowest BCUT2D eigenvalue weighted by atomic mass is 10.0. The molecule has 1 heterocycles. The van der Waals surface area contributed by atoms with Gasteiger partial charge in [0, 0.05) is 30.3 Å². The number of nitrogen functional groups attached to an aromatic ring is 1. The predicted molar refractivity (Wildman–Crippen MR) is 108 cm³/mol. The maximum Gasteiger partial charge on any atom is 0.222 e. The molecule has 0 radical (unpaired) electrons. The molecule has 28 heavy (non-hydrogen) atoms. The van der Waals surface area contributed by atoms with Gasteiger partial charge in [-0.1, -0.05) is 31.9 Å². The number of nitrogens with one attached hydrogen (secondary N) is 1. The second-order valence-electron chi connectivity index (χ2n) is 6.93. The van der Waals surface area contributed by atoms with E-state index in [0.717, 1.165) is 24.8 Å². The molecule has 0 saturated heterocycles. The number of benzene rings is 1. The number of aliphatic hydroxyl groups is 1. The molecule has 0 aliphatic carbocycles. The smallest absolute Gasteiger partial charge is 0.222 e. The number of nitriles is 1. The number of unbranched alkanes of at least 4 members (excludes halogenated alkanes) is 1. The Morgan fingerprint density at radius 3 is 2.75 bits per heavy atom. The van der Waals surface area contributed by atoms with Crippen molar-refractivity contribution in [1.29, 1.82) is 5.26 Å². The van der Waals surface area contributed by atoms with Gasteiger partial charge in [-0.15, -0.1) is 0 Å². The van der Waals surface area contributed by atoms with Gasteiger partial charge in [0.1, 0.15) is 11.6 Å². The number of nitrogens with two attached hydrogens (primary N) is 1. The van der Waals surface area contributed by atoms with E-state index >= 15 is 0 Å². The van der Waals surface area contributed by atoms with Gasteiger partial charge in [0.15, 0.2) is 0 Å². The standard InChI is InChI=1S/C21H28FN5O/c1-3-4-5-17(9-11-28)26-20-18(14(2)25-21(24)27-20)13-16-7-6-15(8-10-23)12-19(16)22/h6-7,12,17,28H,3-5,8-9,11,13H2,1-2H3,(H3,24,25,26,27). The molecule has 7 heteroatoms. The molecule has 1 aromatic carbocycles. The first-order valence-corrected chi connectivity index (χ1v) is 9.63. The normalized spacial score (nSPS) is 11.8. The van der Waals surface area contributed by atoms with Gasteiger partial charge in [0.05, 0.1) is 12.5 Å². The zero-order chi connectivity index (χ0) is 20.5. The first-order valence-electron chi connectivity index (χ1n) is 9.63. The van der Waals surface area contributed by atoms with E-state index in [1.807, 2.05) is 13.0 Å². The van der Waals surface area contributed by atoms with E-state index in [0.29, 0.717) is 35.5 Å². The van der Waals surface area contributed by atoms with Gasteiger partial charge in [0.25, 0.3) is 0 Å². The molecule has 1 unspecified atom stereocenters. The van der Waals surface area contributed by atoms with E-state index in [9.17, 15) is 9.50 Å². The summed E-state index contributed by atoms with van der Waals surface area (Å²) in [6.45, 7) is 4.02. The topological polar surface area (TPSA) is 108 Å². The summed E-state index contributed by atoms with van der Waals surface area (Å²) in [6.07, 6.45) is 4.07. The van der Waals surface area contributed by atoms with Crippen LogP contribution < -0.4 is 11.1 Å². The maximum absolute atomic E-state index is 14.5. The molecule has 0 spiro atoms. The third kappa shape index (κ3) is 5.89. The minimum atomic E-state index is -0.354. The quantitative estimate of drug-likeness (QED) is 0.577. The lowest BCUT2D eigenvalue weighted by molar-refractivity contribution is 0.276. The molecule has 0 aliphatic heterocycles. The van der Waals surface area contributed by atoms with Crippen molar-refractivity contribution in [1.82, 2.24) is 9.97 Å². The highest BCUT2D eigenvalue weighted by atomic mass is 19.1. The summed E-state index contributed by atoms with van der Waals surface area (Å²) in [4.78, 5) is 8.58. The number of aryl methyl sites for hydroxylation is 1. The number of aromatic nitrogens is 2. The van der Waals surface area contributed by atoms with E-state index in [1.165, 1.54) is 6.07 Å². The van der Waals surface area contributed by atoms with Crippen molar-refractivity contribution in [2.24, 2.45) is 0 Å². The van der Waals surface area contributed by atoms with Gasteiger partial charge in [0.2, 0.25) is 5.95 Å². The third-order valence-corrected chi connectivity index (χ3v) is 4.72. The van der Waals surface area contributed by atoms with Gasteiger partial charge >= 0.3 is 0 Å². The molecule has 4 N–H and O–H groups in total. The Bertz CT molecular complexity index is 834. The predicted octanol–water partition coefficient (Wildman–Crippen LogP) is 3.52. The monoisotopic (exact) mass is 385 g/mol. The number of halogens is 1. The number of nitrogens with zero attached hydrogens (tertiary/aromatic N) is 3. The lowest BCUT2D eigenvalue weighted by Gasteiger charge is -2.21. The first-order chi connectivity index (χ1) is 13.5. The van der Waals surface area contributed by atoms with Crippen molar-refractivity contribution >= 4 is 11.8 Å². The molecule has 150 valence electrons. The summed E-state index contributed by atoms with van der Waals surface area (Å²) in [7, 11) is 0. The van der Waals surface area contributed by atoms with Crippen LogP contribution in [-0.4, -0.2) is 27.7 Å². The summed E-state index contributed by atoms with van der Waals surface area (Å²) >= 11 is 0. The van der Waals surface area contributed by atoms with E-state index in [2.05, 4.69) is 22.2 Å². The van der Waals surface area contributed by atoms with Crippen LogP contribution in [0.2, 0.25) is 0 Å². The Labute approximate surface area is 165 Å². The van der Waals surface area contributed by atoms with Crippen molar-refractivity contribution in [2.45, 2.75) is 58.4 Å². The maximum atomic E-state index is 14.5. The average Bonchev–Trinajstić information content (AvgIpc) is 2.64.